The SMILES string of the molecule is Cc1cc(C)nc(O[C@@H]2CCN(C(=O)Cn3cccc3)C2)n1. The number of carbonyl (C=O) groups excluding carboxylic acids is 1. The number of carbonyl (C=O) groups is 1. The van der Waals surface area contributed by atoms with Gasteiger partial charge < -0.3 is 14.2 Å². The largest absolute Gasteiger partial charge is 0.458 e. The van der Waals surface area contributed by atoms with Crippen molar-refractivity contribution in [2.75, 3.05) is 13.1 Å². The van der Waals surface area contributed by atoms with E-state index < -0.39 is 0 Å². The molecule has 0 N–H and O–H groups in total. The third kappa shape index (κ3) is 3.44. The van der Waals surface area contributed by atoms with Gasteiger partial charge in [-0.05, 0) is 32.0 Å². The van der Waals surface area contributed by atoms with Crippen molar-refractivity contribution in [2.24, 2.45) is 0 Å². The number of aryl methyl sites for hydroxylation is 2. The summed E-state index contributed by atoms with van der Waals surface area (Å²) in [7, 11) is 0. The number of hydrogen-bond acceptors (Lipinski definition) is 4. The van der Waals surface area contributed by atoms with E-state index in [1.807, 2.05) is 53.9 Å². The summed E-state index contributed by atoms with van der Waals surface area (Å²) in [5.41, 5.74) is 1.78. The molecule has 116 valence electrons. The number of likely N-dealkylation sites (tertiary alicyclic amines) is 1. The fourth-order valence-electron chi connectivity index (χ4n) is 2.68. The summed E-state index contributed by atoms with van der Waals surface area (Å²) in [4.78, 5) is 22.7. The van der Waals surface area contributed by atoms with Crippen LogP contribution >= 0.6 is 0 Å². The van der Waals surface area contributed by atoms with Gasteiger partial charge in [0.15, 0.2) is 0 Å². The van der Waals surface area contributed by atoms with Gasteiger partial charge in [0.2, 0.25) is 5.91 Å². The quantitative estimate of drug-likeness (QED) is 0.860. The lowest BCUT2D eigenvalue weighted by molar-refractivity contribution is -0.131. The Kier molecular flexibility index (Phi) is 4.09. The Morgan fingerprint density at radius 2 is 1.95 bits per heavy atom. The molecule has 6 heteroatoms. The van der Waals surface area contributed by atoms with Crippen LogP contribution in [0.15, 0.2) is 30.6 Å². The highest BCUT2D eigenvalue weighted by molar-refractivity contribution is 5.76. The van der Waals surface area contributed by atoms with Gasteiger partial charge in [0.25, 0.3) is 0 Å². The average molecular weight is 300 g/mol. The molecule has 0 saturated carbocycles. The van der Waals surface area contributed by atoms with Crippen molar-refractivity contribution in [3.63, 3.8) is 0 Å². The number of hydrogen-bond donors (Lipinski definition) is 0. The maximum absolute atomic E-state index is 12.2. The van der Waals surface area contributed by atoms with E-state index in [0.717, 1.165) is 24.4 Å². The molecular formula is C16H20N4O2. The summed E-state index contributed by atoms with van der Waals surface area (Å²) in [5.74, 6) is 0.114. The number of aromatic nitrogens is 3. The molecule has 3 heterocycles. The van der Waals surface area contributed by atoms with E-state index in [4.69, 9.17) is 4.74 Å². The Bertz CT molecular complexity index is 634. The lowest BCUT2D eigenvalue weighted by Crippen LogP contribution is -2.33. The van der Waals surface area contributed by atoms with Crippen LogP contribution in [-0.2, 0) is 11.3 Å². The summed E-state index contributed by atoms with van der Waals surface area (Å²) < 4.78 is 7.71. The van der Waals surface area contributed by atoms with Gasteiger partial charge in [-0.25, -0.2) is 9.97 Å². The van der Waals surface area contributed by atoms with Gasteiger partial charge >= 0.3 is 6.01 Å². The second-order valence-corrected chi connectivity index (χ2v) is 5.66. The first-order chi connectivity index (χ1) is 10.6. The van der Waals surface area contributed by atoms with Gasteiger partial charge in [0.1, 0.15) is 12.6 Å². The van der Waals surface area contributed by atoms with Crippen molar-refractivity contribution in [1.29, 1.82) is 0 Å². The van der Waals surface area contributed by atoms with Crippen LogP contribution in [0.5, 0.6) is 6.01 Å². The molecule has 0 spiro atoms. The minimum Gasteiger partial charge on any atom is -0.458 e. The van der Waals surface area contributed by atoms with E-state index in [9.17, 15) is 4.79 Å². The molecule has 0 aliphatic carbocycles. The lowest BCUT2D eigenvalue weighted by atomic mass is 10.3. The highest BCUT2D eigenvalue weighted by atomic mass is 16.5. The Balaban J connectivity index is 1.56. The topological polar surface area (TPSA) is 60.2 Å². The van der Waals surface area contributed by atoms with E-state index in [0.29, 0.717) is 19.1 Å². The molecule has 2 aromatic rings. The van der Waals surface area contributed by atoms with Crippen LogP contribution in [0.1, 0.15) is 17.8 Å². The van der Waals surface area contributed by atoms with E-state index in [-0.39, 0.29) is 12.0 Å². The van der Waals surface area contributed by atoms with E-state index in [1.54, 1.807) is 0 Å². The molecule has 1 amide bonds. The van der Waals surface area contributed by atoms with E-state index in [2.05, 4.69) is 9.97 Å². The Labute approximate surface area is 129 Å². The van der Waals surface area contributed by atoms with Crippen molar-refractivity contribution in [3.05, 3.63) is 42.0 Å². The van der Waals surface area contributed by atoms with Crippen molar-refractivity contribution in [2.45, 2.75) is 32.9 Å². The molecular weight excluding hydrogens is 280 g/mol. The van der Waals surface area contributed by atoms with Crippen molar-refractivity contribution in [1.82, 2.24) is 19.4 Å². The molecule has 1 aliphatic rings. The third-order valence-electron chi connectivity index (χ3n) is 3.72. The molecule has 1 saturated heterocycles. The maximum Gasteiger partial charge on any atom is 0.317 e. The van der Waals surface area contributed by atoms with Crippen molar-refractivity contribution < 1.29 is 9.53 Å². The van der Waals surface area contributed by atoms with Crippen LogP contribution in [0.4, 0.5) is 0 Å². The highest BCUT2D eigenvalue weighted by Crippen LogP contribution is 2.16. The smallest absolute Gasteiger partial charge is 0.317 e. The van der Waals surface area contributed by atoms with Gasteiger partial charge in [-0.1, -0.05) is 0 Å². The van der Waals surface area contributed by atoms with Crippen molar-refractivity contribution >= 4 is 5.91 Å². The second kappa shape index (κ2) is 6.17. The molecule has 0 unspecified atom stereocenters. The molecule has 1 aliphatic heterocycles. The first-order valence-corrected chi connectivity index (χ1v) is 7.47. The van der Waals surface area contributed by atoms with Gasteiger partial charge in [0.05, 0.1) is 6.54 Å². The first kappa shape index (κ1) is 14.6. The summed E-state index contributed by atoms with van der Waals surface area (Å²) in [6.45, 7) is 5.53. The standard InChI is InChI=1S/C16H20N4O2/c1-12-9-13(2)18-16(17-12)22-14-5-8-20(10-14)15(21)11-19-6-3-4-7-19/h3-4,6-7,9,14H,5,8,10-11H2,1-2H3/t14-/m1/s1. The van der Waals surface area contributed by atoms with Gasteiger partial charge in [-0.2, -0.15) is 0 Å². The number of rotatable bonds is 4. The number of nitrogens with zero attached hydrogens (tertiary/aromatic N) is 4. The minimum absolute atomic E-state index is 0.0326. The van der Waals surface area contributed by atoms with Crippen molar-refractivity contribution in [3.8, 4) is 6.01 Å². The predicted molar refractivity (Wildman–Crippen MR) is 81.6 cm³/mol. The molecule has 3 rings (SSSR count). The van der Waals surface area contributed by atoms with Crippen LogP contribution in [0.2, 0.25) is 0 Å². The molecule has 6 nitrogen and oxygen atoms in total. The molecule has 22 heavy (non-hydrogen) atoms. The van der Waals surface area contributed by atoms with E-state index in [1.165, 1.54) is 0 Å². The van der Waals surface area contributed by atoms with Crippen LogP contribution in [0.25, 0.3) is 0 Å². The normalized spacial score (nSPS) is 17.7. The predicted octanol–water partition coefficient (Wildman–Crippen LogP) is 1.57. The molecule has 1 fully saturated rings. The fraction of sp³-hybridized carbons (Fsp3) is 0.438. The van der Waals surface area contributed by atoms with Crippen LogP contribution in [0, 0.1) is 13.8 Å². The monoisotopic (exact) mass is 300 g/mol. The fourth-order valence-corrected chi connectivity index (χ4v) is 2.68. The molecule has 0 bridgehead atoms. The highest BCUT2D eigenvalue weighted by Gasteiger charge is 2.28. The third-order valence-corrected chi connectivity index (χ3v) is 3.72. The second-order valence-electron chi connectivity index (χ2n) is 5.66. The van der Waals surface area contributed by atoms with Crippen LogP contribution in [-0.4, -0.2) is 44.5 Å². The van der Waals surface area contributed by atoms with Crippen LogP contribution in [0.3, 0.4) is 0 Å². The zero-order chi connectivity index (χ0) is 15.5. The van der Waals surface area contributed by atoms with E-state index >= 15 is 0 Å². The summed E-state index contributed by atoms with van der Waals surface area (Å²) in [5, 5.41) is 0. The van der Waals surface area contributed by atoms with Gasteiger partial charge in [0, 0.05) is 36.7 Å². The lowest BCUT2D eigenvalue weighted by Gasteiger charge is -2.17. The molecule has 0 aromatic carbocycles. The zero-order valence-electron chi connectivity index (χ0n) is 12.9. The molecule has 1 atom stereocenters. The van der Waals surface area contributed by atoms with Gasteiger partial charge in [-0.3, -0.25) is 4.79 Å². The number of ether oxygens (including phenoxy) is 1. The Morgan fingerprint density at radius 1 is 1.27 bits per heavy atom. The first-order valence-electron chi connectivity index (χ1n) is 7.47. The van der Waals surface area contributed by atoms with Crippen LogP contribution < -0.4 is 4.74 Å². The zero-order valence-corrected chi connectivity index (χ0v) is 12.9. The van der Waals surface area contributed by atoms with Gasteiger partial charge in [-0.15, -0.1) is 0 Å². The Morgan fingerprint density at radius 3 is 2.64 bits per heavy atom. The molecule has 2 aromatic heterocycles. The average Bonchev–Trinajstić information content (AvgIpc) is 3.09. The maximum atomic E-state index is 12.2. The summed E-state index contributed by atoms with van der Waals surface area (Å²) in [6, 6.07) is 6.15. The number of amides is 1. The summed E-state index contributed by atoms with van der Waals surface area (Å²) >= 11 is 0. The summed E-state index contributed by atoms with van der Waals surface area (Å²) in [6.07, 6.45) is 4.57. The Hall–Kier alpha value is -2.37. The minimum atomic E-state index is -0.0326. The molecule has 0 radical (unpaired) electrons.